The summed E-state index contributed by atoms with van der Waals surface area (Å²) in [5.74, 6) is -0.731. The van der Waals surface area contributed by atoms with E-state index < -0.39 is 5.92 Å². The van der Waals surface area contributed by atoms with E-state index in [4.69, 9.17) is 5.73 Å². The highest BCUT2D eigenvalue weighted by atomic mass is 16.1. The van der Waals surface area contributed by atoms with Gasteiger partial charge in [-0.05, 0) is 33.4 Å². The second kappa shape index (κ2) is 5.82. The normalized spacial score (nSPS) is 16.1. The van der Waals surface area contributed by atoms with Gasteiger partial charge in [-0.25, -0.2) is 0 Å². The molecule has 1 aliphatic rings. The molecule has 1 aliphatic carbocycles. The second-order valence-corrected chi connectivity index (χ2v) is 5.94. The highest BCUT2D eigenvalue weighted by Gasteiger charge is 2.35. The van der Waals surface area contributed by atoms with Crippen molar-refractivity contribution in [3.05, 3.63) is 107 Å². The molecule has 3 aromatic carbocycles. The van der Waals surface area contributed by atoms with Crippen LogP contribution in [0.2, 0.25) is 0 Å². The molecule has 0 aromatic heterocycles. The van der Waals surface area contributed by atoms with Gasteiger partial charge in [0.25, 0.3) is 0 Å². The Morgan fingerprint density at radius 1 is 0.708 bits per heavy atom. The molecule has 0 spiro atoms. The van der Waals surface area contributed by atoms with Crippen LogP contribution in [0.4, 0.5) is 0 Å². The van der Waals surface area contributed by atoms with E-state index in [9.17, 15) is 4.79 Å². The Kier molecular flexibility index (Phi) is 3.51. The van der Waals surface area contributed by atoms with Crippen LogP contribution < -0.4 is 5.73 Å². The first-order chi connectivity index (χ1) is 11.8. The number of carbonyl (C=O) groups is 1. The molecule has 1 amide bonds. The van der Waals surface area contributed by atoms with E-state index in [1.165, 1.54) is 0 Å². The van der Waals surface area contributed by atoms with Crippen molar-refractivity contribution in [1.29, 1.82) is 0 Å². The van der Waals surface area contributed by atoms with Crippen LogP contribution in [0.3, 0.4) is 0 Å². The van der Waals surface area contributed by atoms with Crippen LogP contribution in [0.15, 0.2) is 84.9 Å². The lowest BCUT2D eigenvalue weighted by molar-refractivity contribution is -0.118. The third-order valence-corrected chi connectivity index (χ3v) is 4.53. The van der Waals surface area contributed by atoms with Crippen LogP contribution in [-0.2, 0) is 4.79 Å². The Labute approximate surface area is 141 Å². The van der Waals surface area contributed by atoms with Crippen molar-refractivity contribution in [2.45, 2.75) is 5.92 Å². The van der Waals surface area contributed by atoms with Gasteiger partial charge in [0.05, 0.1) is 5.92 Å². The maximum absolute atomic E-state index is 12.3. The molecule has 2 N–H and O–H groups in total. The SMILES string of the molecule is NC(=O)[C@@H]1C(c2ccccc2)=C(c2ccccc2)c2ccccc21. The van der Waals surface area contributed by atoms with E-state index in [0.29, 0.717) is 0 Å². The first kappa shape index (κ1) is 14.5. The number of nitrogens with two attached hydrogens (primary N) is 1. The van der Waals surface area contributed by atoms with Gasteiger partial charge < -0.3 is 5.73 Å². The summed E-state index contributed by atoms with van der Waals surface area (Å²) in [5, 5.41) is 0. The van der Waals surface area contributed by atoms with E-state index in [-0.39, 0.29) is 5.91 Å². The monoisotopic (exact) mass is 311 g/mol. The third-order valence-electron chi connectivity index (χ3n) is 4.53. The van der Waals surface area contributed by atoms with Crippen LogP contribution in [0.1, 0.15) is 28.2 Å². The number of primary amides is 1. The summed E-state index contributed by atoms with van der Waals surface area (Å²) in [4.78, 5) is 12.3. The van der Waals surface area contributed by atoms with E-state index in [1.54, 1.807) is 0 Å². The summed E-state index contributed by atoms with van der Waals surface area (Å²) in [5.41, 5.74) is 12.1. The molecule has 4 rings (SSSR count). The number of benzene rings is 3. The molecule has 116 valence electrons. The fourth-order valence-electron chi connectivity index (χ4n) is 3.56. The maximum atomic E-state index is 12.3. The first-order valence-corrected chi connectivity index (χ1v) is 8.01. The predicted octanol–water partition coefficient (Wildman–Crippen LogP) is 4.23. The standard InChI is InChI=1S/C22H17NO/c23-22(24)21-18-14-8-7-13-17(18)19(15-9-3-1-4-10-15)20(21)16-11-5-2-6-12-16/h1-14,21H,(H2,23,24)/t21-/m0/s1. The Morgan fingerprint density at radius 2 is 1.25 bits per heavy atom. The summed E-state index contributed by atoms with van der Waals surface area (Å²) in [7, 11) is 0. The predicted molar refractivity (Wildman–Crippen MR) is 97.2 cm³/mol. The fraction of sp³-hybridized carbons (Fsp3) is 0.0455. The van der Waals surface area contributed by atoms with Crippen molar-refractivity contribution in [1.82, 2.24) is 0 Å². The molecular formula is C22H17NO. The molecule has 3 aromatic rings. The number of rotatable bonds is 3. The minimum atomic E-state index is -0.418. The number of hydrogen-bond acceptors (Lipinski definition) is 1. The summed E-state index contributed by atoms with van der Waals surface area (Å²) >= 11 is 0. The Hall–Kier alpha value is -3.13. The molecule has 0 aliphatic heterocycles. The summed E-state index contributed by atoms with van der Waals surface area (Å²) in [6.45, 7) is 0. The molecule has 0 saturated carbocycles. The molecule has 0 saturated heterocycles. The van der Waals surface area contributed by atoms with E-state index >= 15 is 0 Å². The summed E-state index contributed by atoms with van der Waals surface area (Å²) in [6.07, 6.45) is 0. The zero-order valence-electron chi connectivity index (χ0n) is 13.1. The van der Waals surface area contributed by atoms with Crippen molar-refractivity contribution < 1.29 is 4.79 Å². The highest BCUT2D eigenvalue weighted by Crippen LogP contribution is 2.49. The quantitative estimate of drug-likeness (QED) is 0.773. The topological polar surface area (TPSA) is 43.1 Å². The third kappa shape index (κ3) is 2.24. The maximum Gasteiger partial charge on any atom is 0.229 e. The van der Waals surface area contributed by atoms with Crippen molar-refractivity contribution in [2.75, 3.05) is 0 Å². The molecule has 0 radical (unpaired) electrons. The van der Waals surface area contributed by atoms with Gasteiger partial charge in [-0.3, -0.25) is 4.79 Å². The number of hydrogen-bond donors (Lipinski definition) is 1. The van der Waals surface area contributed by atoms with Crippen LogP contribution >= 0.6 is 0 Å². The smallest absolute Gasteiger partial charge is 0.229 e. The molecule has 0 fully saturated rings. The zero-order chi connectivity index (χ0) is 16.5. The Bertz CT molecular complexity index is 926. The Balaban J connectivity index is 2.07. The van der Waals surface area contributed by atoms with Gasteiger partial charge in [0.15, 0.2) is 0 Å². The van der Waals surface area contributed by atoms with Gasteiger partial charge in [-0.1, -0.05) is 84.9 Å². The fourth-order valence-corrected chi connectivity index (χ4v) is 3.56. The van der Waals surface area contributed by atoms with Crippen LogP contribution in [0.5, 0.6) is 0 Å². The molecule has 2 nitrogen and oxygen atoms in total. The minimum absolute atomic E-state index is 0.313. The first-order valence-electron chi connectivity index (χ1n) is 8.01. The van der Waals surface area contributed by atoms with E-state index in [2.05, 4.69) is 18.2 Å². The molecule has 2 heteroatoms. The van der Waals surface area contributed by atoms with Gasteiger partial charge >= 0.3 is 0 Å². The van der Waals surface area contributed by atoms with Crippen molar-refractivity contribution in [3.63, 3.8) is 0 Å². The molecular weight excluding hydrogens is 294 g/mol. The van der Waals surface area contributed by atoms with Gasteiger partial charge in [0, 0.05) is 0 Å². The Morgan fingerprint density at radius 3 is 1.88 bits per heavy atom. The van der Waals surface area contributed by atoms with E-state index in [0.717, 1.165) is 33.4 Å². The molecule has 24 heavy (non-hydrogen) atoms. The van der Waals surface area contributed by atoms with E-state index in [1.807, 2.05) is 66.7 Å². The van der Waals surface area contributed by atoms with Gasteiger partial charge in [-0.2, -0.15) is 0 Å². The van der Waals surface area contributed by atoms with Gasteiger partial charge in [0.1, 0.15) is 0 Å². The number of carbonyl (C=O) groups excluding carboxylic acids is 1. The van der Waals surface area contributed by atoms with Gasteiger partial charge in [-0.15, -0.1) is 0 Å². The molecule has 1 atom stereocenters. The van der Waals surface area contributed by atoms with Crippen molar-refractivity contribution >= 4 is 17.1 Å². The lowest BCUT2D eigenvalue weighted by Crippen LogP contribution is -2.21. The minimum Gasteiger partial charge on any atom is -0.369 e. The molecule has 0 unspecified atom stereocenters. The van der Waals surface area contributed by atoms with Crippen LogP contribution in [0, 0.1) is 0 Å². The second-order valence-electron chi connectivity index (χ2n) is 5.94. The largest absolute Gasteiger partial charge is 0.369 e. The highest BCUT2D eigenvalue weighted by molar-refractivity contribution is 6.13. The number of fused-ring (bicyclic) bond motifs is 1. The number of amides is 1. The molecule has 0 heterocycles. The van der Waals surface area contributed by atoms with Crippen LogP contribution in [-0.4, -0.2) is 5.91 Å². The lowest BCUT2D eigenvalue weighted by Gasteiger charge is -2.14. The molecule has 0 bridgehead atoms. The van der Waals surface area contributed by atoms with Crippen LogP contribution in [0.25, 0.3) is 11.1 Å². The van der Waals surface area contributed by atoms with Crippen molar-refractivity contribution in [2.24, 2.45) is 5.73 Å². The lowest BCUT2D eigenvalue weighted by atomic mass is 9.89. The zero-order valence-corrected chi connectivity index (χ0v) is 13.1. The average Bonchev–Trinajstić information content (AvgIpc) is 2.98. The van der Waals surface area contributed by atoms with Crippen molar-refractivity contribution in [3.8, 4) is 0 Å². The van der Waals surface area contributed by atoms with Gasteiger partial charge in [0.2, 0.25) is 5.91 Å². The summed E-state index contributed by atoms with van der Waals surface area (Å²) < 4.78 is 0. The average molecular weight is 311 g/mol. The summed E-state index contributed by atoms with van der Waals surface area (Å²) in [6, 6.07) is 28.3.